The minimum atomic E-state index is -0.494. The molecule has 1 aromatic rings. The number of hydrogen-bond donors (Lipinski definition) is 1. The topological polar surface area (TPSA) is 65.2 Å². The molecule has 1 fully saturated rings. The highest BCUT2D eigenvalue weighted by Crippen LogP contribution is 2.31. The standard InChI is InChI=1S/C14H20N2O2/c1-18-14-11(13(15)17)8-9-12(16-14)10-6-4-2-3-5-7-10/h8-10H,2-7H2,1H3,(H2,15,17). The third kappa shape index (κ3) is 2.81. The maximum Gasteiger partial charge on any atom is 0.254 e. The van der Waals surface area contributed by atoms with Crippen LogP contribution in [0.5, 0.6) is 5.88 Å². The number of primary amides is 1. The van der Waals surface area contributed by atoms with Gasteiger partial charge in [0.1, 0.15) is 5.56 Å². The molecule has 2 N–H and O–H groups in total. The lowest BCUT2D eigenvalue weighted by Crippen LogP contribution is -2.14. The van der Waals surface area contributed by atoms with Gasteiger partial charge in [0.2, 0.25) is 5.88 Å². The van der Waals surface area contributed by atoms with Gasteiger partial charge in [0.05, 0.1) is 7.11 Å². The number of carbonyl (C=O) groups is 1. The molecule has 0 aliphatic heterocycles. The highest BCUT2D eigenvalue weighted by atomic mass is 16.5. The van der Waals surface area contributed by atoms with Crippen LogP contribution in [0.4, 0.5) is 0 Å². The smallest absolute Gasteiger partial charge is 0.254 e. The number of nitrogens with two attached hydrogens (primary N) is 1. The SMILES string of the molecule is COc1nc(C2CCCCCC2)ccc1C(N)=O. The molecule has 1 aliphatic carbocycles. The van der Waals surface area contributed by atoms with Gasteiger partial charge in [0.15, 0.2) is 0 Å². The number of nitrogens with zero attached hydrogens (tertiary/aromatic N) is 1. The number of carbonyl (C=O) groups excluding carboxylic acids is 1. The molecule has 1 amide bonds. The summed E-state index contributed by atoms with van der Waals surface area (Å²) in [5, 5.41) is 0. The van der Waals surface area contributed by atoms with Crippen molar-refractivity contribution in [1.29, 1.82) is 0 Å². The van der Waals surface area contributed by atoms with E-state index in [-0.39, 0.29) is 0 Å². The third-order valence-electron chi connectivity index (χ3n) is 3.61. The van der Waals surface area contributed by atoms with Crippen LogP contribution in [0.25, 0.3) is 0 Å². The molecule has 0 atom stereocenters. The molecule has 0 unspecified atom stereocenters. The van der Waals surface area contributed by atoms with Crippen LogP contribution in [0.3, 0.4) is 0 Å². The van der Waals surface area contributed by atoms with Crippen LogP contribution >= 0.6 is 0 Å². The normalized spacial score (nSPS) is 17.2. The van der Waals surface area contributed by atoms with Crippen molar-refractivity contribution in [3.05, 3.63) is 23.4 Å². The Morgan fingerprint density at radius 2 is 1.94 bits per heavy atom. The Bertz CT molecular complexity index is 424. The van der Waals surface area contributed by atoms with Gasteiger partial charge in [-0.05, 0) is 25.0 Å². The Morgan fingerprint density at radius 3 is 2.50 bits per heavy atom. The minimum absolute atomic E-state index is 0.351. The molecule has 0 aromatic carbocycles. The summed E-state index contributed by atoms with van der Waals surface area (Å²) in [4.78, 5) is 15.7. The monoisotopic (exact) mass is 248 g/mol. The van der Waals surface area contributed by atoms with Crippen molar-refractivity contribution >= 4 is 5.91 Å². The maximum atomic E-state index is 11.2. The number of ether oxygens (including phenoxy) is 1. The largest absolute Gasteiger partial charge is 0.480 e. The Morgan fingerprint density at radius 1 is 1.28 bits per heavy atom. The first-order valence-corrected chi connectivity index (χ1v) is 6.57. The first-order chi connectivity index (χ1) is 8.72. The zero-order valence-electron chi connectivity index (χ0n) is 10.8. The number of methoxy groups -OCH3 is 1. The summed E-state index contributed by atoms with van der Waals surface area (Å²) in [6.45, 7) is 0. The zero-order chi connectivity index (χ0) is 13.0. The van der Waals surface area contributed by atoms with Gasteiger partial charge in [-0.1, -0.05) is 25.7 Å². The molecule has 4 nitrogen and oxygen atoms in total. The van der Waals surface area contributed by atoms with E-state index in [1.54, 1.807) is 6.07 Å². The number of hydrogen-bond acceptors (Lipinski definition) is 3. The second kappa shape index (κ2) is 5.85. The van der Waals surface area contributed by atoms with Gasteiger partial charge in [-0.2, -0.15) is 0 Å². The summed E-state index contributed by atoms with van der Waals surface area (Å²) in [5.74, 6) is 0.347. The van der Waals surface area contributed by atoms with E-state index in [0.29, 0.717) is 17.4 Å². The van der Waals surface area contributed by atoms with Crippen LogP contribution < -0.4 is 10.5 Å². The molecule has 1 aromatic heterocycles. The first kappa shape index (κ1) is 12.9. The van der Waals surface area contributed by atoms with Crippen molar-refractivity contribution in [1.82, 2.24) is 4.98 Å². The average Bonchev–Trinajstić information content (AvgIpc) is 2.66. The predicted octanol–water partition coefficient (Wildman–Crippen LogP) is 2.63. The summed E-state index contributed by atoms with van der Waals surface area (Å²) >= 11 is 0. The molecule has 98 valence electrons. The van der Waals surface area contributed by atoms with Crippen LogP contribution in [-0.2, 0) is 0 Å². The zero-order valence-corrected chi connectivity index (χ0v) is 10.8. The average molecular weight is 248 g/mol. The molecule has 0 bridgehead atoms. The van der Waals surface area contributed by atoms with Crippen molar-refractivity contribution in [3.63, 3.8) is 0 Å². The van der Waals surface area contributed by atoms with E-state index in [1.165, 1.54) is 45.6 Å². The Hall–Kier alpha value is -1.58. The lowest BCUT2D eigenvalue weighted by molar-refractivity contribution is 0.0996. The number of aromatic nitrogens is 1. The van der Waals surface area contributed by atoms with E-state index < -0.39 is 5.91 Å². The van der Waals surface area contributed by atoms with Crippen LogP contribution in [0.2, 0.25) is 0 Å². The third-order valence-corrected chi connectivity index (χ3v) is 3.61. The van der Waals surface area contributed by atoms with Crippen molar-refractivity contribution < 1.29 is 9.53 Å². The molecule has 1 aliphatic rings. The molecule has 0 radical (unpaired) electrons. The Labute approximate surface area is 108 Å². The molecule has 1 saturated carbocycles. The fourth-order valence-corrected chi connectivity index (χ4v) is 2.60. The lowest BCUT2D eigenvalue weighted by Gasteiger charge is -2.15. The highest BCUT2D eigenvalue weighted by Gasteiger charge is 2.18. The van der Waals surface area contributed by atoms with Gasteiger partial charge in [-0.3, -0.25) is 4.79 Å². The molecule has 0 saturated heterocycles. The fourth-order valence-electron chi connectivity index (χ4n) is 2.60. The van der Waals surface area contributed by atoms with Gasteiger partial charge in [-0.15, -0.1) is 0 Å². The summed E-state index contributed by atoms with van der Waals surface area (Å²) < 4.78 is 5.16. The van der Waals surface area contributed by atoms with Crippen LogP contribution in [0, 0.1) is 0 Å². The Kier molecular flexibility index (Phi) is 4.18. The van der Waals surface area contributed by atoms with Gasteiger partial charge >= 0.3 is 0 Å². The molecule has 4 heteroatoms. The summed E-state index contributed by atoms with van der Waals surface area (Å²) in [6.07, 6.45) is 7.48. The van der Waals surface area contributed by atoms with Crippen molar-refractivity contribution in [3.8, 4) is 5.88 Å². The lowest BCUT2D eigenvalue weighted by atomic mass is 9.95. The van der Waals surface area contributed by atoms with Crippen LogP contribution in [-0.4, -0.2) is 18.0 Å². The highest BCUT2D eigenvalue weighted by molar-refractivity contribution is 5.95. The predicted molar refractivity (Wildman–Crippen MR) is 69.7 cm³/mol. The second-order valence-electron chi connectivity index (χ2n) is 4.85. The van der Waals surface area contributed by atoms with Crippen molar-refractivity contribution in [2.24, 2.45) is 5.73 Å². The van der Waals surface area contributed by atoms with Crippen molar-refractivity contribution in [2.75, 3.05) is 7.11 Å². The second-order valence-corrected chi connectivity index (χ2v) is 4.85. The molecule has 0 spiro atoms. The summed E-state index contributed by atoms with van der Waals surface area (Å²) in [6, 6.07) is 3.65. The van der Waals surface area contributed by atoms with E-state index in [2.05, 4.69) is 4.98 Å². The van der Waals surface area contributed by atoms with Gasteiger partial charge in [0.25, 0.3) is 5.91 Å². The van der Waals surface area contributed by atoms with Gasteiger partial charge in [-0.25, -0.2) is 4.98 Å². The van der Waals surface area contributed by atoms with Crippen LogP contribution in [0.1, 0.15) is 60.5 Å². The summed E-state index contributed by atoms with van der Waals surface area (Å²) in [5.41, 5.74) is 6.67. The van der Waals surface area contributed by atoms with E-state index >= 15 is 0 Å². The first-order valence-electron chi connectivity index (χ1n) is 6.57. The van der Waals surface area contributed by atoms with Crippen molar-refractivity contribution in [2.45, 2.75) is 44.4 Å². The van der Waals surface area contributed by atoms with E-state index in [9.17, 15) is 4.79 Å². The van der Waals surface area contributed by atoms with E-state index in [1.807, 2.05) is 6.07 Å². The van der Waals surface area contributed by atoms with Gasteiger partial charge in [0, 0.05) is 11.6 Å². The number of amides is 1. The minimum Gasteiger partial charge on any atom is -0.480 e. The fraction of sp³-hybridized carbons (Fsp3) is 0.571. The van der Waals surface area contributed by atoms with E-state index in [0.717, 1.165) is 5.69 Å². The van der Waals surface area contributed by atoms with E-state index in [4.69, 9.17) is 10.5 Å². The molecular weight excluding hydrogens is 228 g/mol. The number of rotatable bonds is 3. The molecular formula is C14H20N2O2. The van der Waals surface area contributed by atoms with Gasteiger partial charge < -0.3 is 10.5 Å². The molecule has 2 rings (SSSR count). The molecule has 1 heterocycles. The Balaban J connectivity index is 2.25. The quantitative estimate of drug-likeness (QED) is 0.836. The summed E-state index contributed by atoms with van der Waals surface area (Å²) in [7, 11) is 1.52. The molecule has 18 heavy (non-hydrogen) atoms. The number of pyridine rings is 1. The maximum absolute atomic E-state index is 11.2. The van der Waals surface area contributed by atoms with Crippen LogP contribution in [0.15, 0.2) is 12.1 Å².